The third-order valence-electron chi connectivity index (χ3n) is 5.90. The van der Waals surface area contributed by atoms with Gasteiger partial charge in [-0.2, -0.15) is 5.10 Å². The molecule has 0 radical (unpaired) electrons. The molecule has 0 amide bonds. The van der Waals surface area contributed by atoms with E-state index >= 15 is 0 Å². The zero-order chi connectivity index (χ0) is 17.0. The molecule has 3 heterocycles. The van der Waals surface area contributed by atoms with Gasteiger partial charge in [0.15, 0.2) is 0 Å². The zero-order valence-corrected chi connectivity index (χ0v) is 15.8. The number of methoxy groups -OCH3 is 1. The summed E-state index contributed by atoms with van der Waals surface area (Å²) in [4.78, 5) is 5.27. The van der Waals surface area contributed by atoms with Crippen LogP contribution in [0.15, 0.2) is 6.20 Å². The summed E-state index contributed by atoms with van der Waals surface area (Å²) < 4.78 is 7.43. The molecule has 5 nitrogen and oxygen atoms in total. The molecule has 1 aromatic heterocycles. The lowest BCUT2D eigenvalue weighted by Crippen LogP contribution is -2.45. The molecule has 0 aromatic carbocycles. The molecule has 1 unspecified atom stereocenters. The van der Waals surface area contributed by atoms with E-state index in [1.54, 1.807) is 7.11 Å². The van der Waals surface area contributed by atoms with Crippen LogP contribution in [0.25, 0.3) is 0 Å². The second kappa shape index (κ2) is 7.98. The molecule has 0 bridgehead atoms. The summed E-state index contributed by atoms with van der Waals surface area (Å²) in [5, 5.41) is 4.57. The van der Waals surface area contributed by atoms with Gasteiger partial charge in [0.25, 0.3) is 0 Å². The Hall–Kier alpha value is -0.910. The van der Waals surface area contributed by atoms with Gasteiger partial charge in [0.1, 0.15) is 0 Å². The predicted molar refractivity (Wildman–Crippen MR) is 97.1 cm³/mol. The monoisotopic (exact) mass is 334 g/mol. The van der Waals surface area contributed by atoms with Crippen LogP contribution in [0.5, 0.6) is 0 Å². The lowest BCUT2D eigenvalue weighted by atomic mass is 9.79. The first-order valence-electron chi connectivity index (χ1n) is 9.61. The maximum atomic E-state index is 5.27. The quantitative estimate of drug-likeness (QED) is 0.767. The van der Waals surface area contributed by atoms with Gasteiger partial charge in [-0.1, -0.05) is 6.92 Å². The summed E-state index contributed by atoms with van der Waals surface area (Å²) in [5.74, 6) is 0. The fraction of sp³-hybridized carbons (Fsp3) is 0.842. The van der Waals surface area contributed by atoms with Crippen LogP contribution in [0.4, 0.5) is 0 Å². The molecule has 2 saturated heterocycles. The topological polar surface area (TPSA) is 33.5 Å². The van der Waals surface area contributed by atoms with Crippen LogP contribution < -0.4 is 0 Å². The van der Waals surface area contributed by atoms with Gasteiger partial charge in [-0.3, -0.25) is 9.58 Å². The van der Waals surface area contributed by atoms with Crippen molar-refractivity contribution in [3.05, 3.63) is 17.5 Å². The molecule has 2 aliphatic heterocycles. The summed E-state index contributed by atoms with van der Waals surface area (Å²) in [6, 6.07) is 0. The number of rotatable bonds is 7. The Morgan fingerprint density at radius 1 is 1.17 bits per heavy atom. The van der Waals surface area contributed by atoms with Gasteiger partial charge in [-0.05, 0) is 51.1 Å². The van der Waals surface area contributed by atoms with Crippen molar-refractivity contribution in [1.82, 2.24) is 19.6 Å². The number of hydrogen-bond acceptors (Lipinski definition) is 4. The van der Waals surface area contributed by atoms with Crippen molar-refractivity contribution < 1.29 is 4.74 Å². The van der Waals surface area contributed by atoms with Gasteiger partial charge in [0.05, 0.1) is 12.8 Å². The number of ether oxygens (including phenoxy) is 1. The standard InChI is InChI=1S/C19H34N4O/c1-4-8-23-17(2)18(13-20-23)14-22-10-7-19(16-22)6-5-9-21(15-19)11-12-24-3/h13H,4-12,14-16H2,1-3H3. The lowest BCUT2D eigenvalue weighted by Gasteiger charge is -2.40. The SMILES string of the molecule is CCCn1ncc(CN2CCC3(CCCN(CCOC)C3)C2)c1C. The van der Waals surface area contributed by atoms with Gasteiger partial charge in [0, 0.05) is 51.1 Å². The van der Waals surface area contributed by atoms with Crippen LogP contribution >= 0.6 is 0 Å². The van der Waals surface area contributed by atoms with Crippen molar-refractivity contribution in [2.75, 3.05) is 46.4 Å². The Morgan fingerprint density at radius 2 is 2.00 bits per heavy atom. The summed E-state index contributed by atoms with van der Waals surface area (Å²) in [6.07, 6.45) is 7.30. The Labute approximate surface area is 146 Å². The number of hydrogen-bond donors (Lipinski definition) is 0. The van der Waals surface area contributed by atoms with E-state index in [1.165, 1.54) is 56.7 Å². The zero-order valence-electron chi connectivity index (χ0n) is 15.8. The molecule has 0 aliphatic carbocycles. The fourth-order valence-electron chi connectivity index (χ4n) is 4.54. The van der Waals surface area contributed by atoms with E-state index in [-0.39, 0.29) is 0 Å². The minimum Gasteiger partial charge on any atom is -0.383 e. The minimum absolute atomic E-state index is 0.513. The number of aryl methyl sites for hydroxylation is 1. The first kappa shape index (κ1) is 17.9. The number of likely N-dealkylation sites (tertiary alicyclic amines) is 2. The molecule has 3 rings (SSSR count). The molecule has 0 saturated carbocycles. The van der Waals surface area contributed by atoms with E-state index in [4.69, 9.17) is 4.74 Å². The molecule has 5 heteroatoms. The second-order valence-electron chi connectivity index (χ2n) is 7.81. The lowest BCUT2D eigenvalue weighted by molar-refractivity contribution is 0.0673. The molecule has 1 atom stereocenters. The van der Waals surface area contributed by atoms with Crippen LogP contribution in [0.2, 0.25) is 0 Å². The van der Waals surface area contributed by atoms with Gasteiger partial charge in [-0.15, -0.1) is 0 Å². The normalized spacial score (nSPS) is 25.8. The van der Waals surface area contributed by atoms with Crippen LogP contribution in [0.3, 0.4) is 0 Å². The maximum Gasteiger partial charge on any atom is 0.0589 e. The third-order valence-corrected chi connectivity index (χ3v) is 5.90. The van der Waals surface area contributed by atoms with Crippen molar-refractivity contribution in [3.63, 3.8) is 0 Å². The molecule has 2 fully saturated rings. The highest BCUT2D eigenvalue weighted by atomic mass is 16.5. The summed E-state index contributed by atoms with van der Waals surface area (Å²) in [5.41, 5.74) is 3.27. The molecule has 24 heavy (non-hydrogen) atoms. The van der Waals surface area contributed by atoms with Crippen molar-refractivity contribution in [2.45, 2.75) is 52.6 Å². The third kappa shape index (κ3) is 4.01. The van der Waals surface area contributed by atoms with Crippen LogP contribution in [0, 0.1) is 12.3 Å². The molecular weight excluding hydrogens is 300 g/mol. The van der Waals surface area contributed by atoms with E-state index in [9.17, 15) is 0 Å². The highest BCUT2D eigenvalue weighted by Crippen LogP contribution is 2.39. The fourth-order valence-corrected chi connectivity index (χ4v) is 4.54. The highest BCUT2D eigenvalue weighted by Gasteiger charge is 2.41. The Balaban J connectivity index is 1.57. The van der Waals surface area contributed by atoms with E-state index in [1.807, 2.05) is 0 Å². The molecule has 1 spiro atoms. The predicted octanol–water partition coefficient (Wildman–Crippen LogP) is 2.54. The Morgan fingerprint density at radius 3 is 2.79 bits per heavy atom. The minimum atomic E-state index is 0.513. The molecule has 0 N–H and O–H groups in total. The van der Waals surface area contributed by atoms with Gasteiger partial charge < -0.3 is 9.64 Å². The van der Waals surface area contributed by atoms with Crippen molar-refractivity contribution in [3.8, 4) is 0 Å². The number of piperidine rings is 1. The molecule has 2 aliphatic rings. The largest absolute Gasteiger partial charge is 0.383 e. The number of aromatic nitrogens is 2. The van der Waals surface area contributed by atoms with Gasteiger partial charge in [0.2, 0.25) is 0 Å². The Kier molecular flexibility index (Phi) is 5.95. The molecular formula is C19H34N4O. The number of nitrogens with zero attached hydrogens (tertiary/aromatic N) is 4. The first-order chi connectivity index (χ1) is 11.7. The maximum absolute atomic E-state index is 5.27. The average Bonchev–Trinajstić information content (AvgIpc) is 3.12. The smallest absolute Gasteiger partial charge is 0.0589 e. The van der Waals surface area contributed by atoms with E-state index < -0.39 is 0 Å². The summed E-state index contributed by atoms with van der Waals surface area (Å²) >= 11 is 0. The summed E-state index contributed by atoms with van der Waals surface area (Å²) in [6.45, 7) is 13.4. The van der Waals surface area contributed by atoms with Crippen molar-refractivity contribution >= 4 is 0 Å². The van der Waals surface area contributed by atoms with Crippen molar-refractivity contribution in [2.24, 2.45) is 5.41 Å². The van der Waals surface area contributed by atoms with Crippen LogP contribution in [-0.2, 0) is 17.8 Å². The average molecular weight is 335 g/mol. The summed E-state index contributed by atoms with van der Waals surface area (Å²) in [7, 11) is 1.80. The van der Waals surface area contributed by atoms with Crippen molar-refractivity contribution in [1.29, 1.82) is 0 Å². The first-order valence-corrected chi connectivity index (χ1v) is 9.61. The second-order valence-corrected chi connectivity index (χ2v) is 7.81. The van der Waals surface area contributed by atoms with Crippen LogP contribution in [0.1, 0.15) is 43.9 Å². The van der Waals surface area contributed by atoms with Gasteiger partial charge >= 0.3 is 0 Å². The Bertz CT molecular complexity index is 529. The highest BCUT2D eigenvalue weighted by molar-refractivity contribution is 5.16. The molecule has 1 aromatic rings. The van der Waals surface area contributed by atoms with E-state index in [0.29, 0.717) is 5.41 Å². The molecule has 136 valence electrons. The van der Waals surface area contributed by atoms with E-state index in [2.05, 4.69) is 39.6 Å². The van der Waals surface area contributed by atoms with Crippen LogP contribution in [-0.4, -0.2) is 66.0 Å². The van der Waals surface area contributed by atoms with Gasteiger partial charge in [-0.25, -0.2) is 0 Å². The van der Waals surface area contributed by atoms with E-state index in [0.717, 1.165) is 32.7 Å².